The topological polar surface area (TPSA) is 87.0 Å². The first-order valence-electron chi connectivity index (χ1n) is 7.82. The number of nitrogens with zero attached hydrogens (tertiary/aromatic N) is 4. The molecule has 2 aromatic heterocycles. The summed E-state index contributed by atoms with van der Waals surface area (Å²) < 4.78 is 66.2. The number of aromatic nitrogens is 4. The molecule has 0 aliphatic rings. The summed E-state index contributed by atoms with van der Waals surface area (Å²) >= 11 is 0. The molecule has 11 heteroatoms. The van der Waals surface area contributed by atoms with Crippen molar-refractivity contribution >= 4 is 21.3 Å². The zero-order chi connectivity index (χ0) is 19.0. The molecule has 2 aromatic rings. The van der Waals surface area contributed by atoms with E-state index in [2.05, 4.69) is 19.2 Å². The van der Waals surface area contributed by atoms with Gasteiger partial charge in [0.05, 0.1) is 11.7 Å². The van der Waals surface area contributed by atoms with Gasteiger partial charge in [-0.25, -0.2) is 14.6 Å². The van der Waals surface area contributed by atoms with Gasteiger partial charge in [0.25, 0.3) is 5.88 Å². The van der Waals surface area contributed by atoms with E-state index < -0.39 is 21.5 Å². The monoisotopic (exact) mass is 380 g/mol. The average molecular weight is 380 g/mol. The second kappa shape index (κ2) is 6.77. The van der Waals surface area contributed by atoms with Crippen molar-refractivity contribution in [3.8, 4) is 5.88 Å². The lowest BCUT2D eigenvalue weighted by molar-refractivity contribution is -0.0501. The number of hydrogen-bond acceptors (Lipinski definition) is 6. The Morgan fingerprint density at radius 3 is 2.24 bits per heavy atom. The Kier molecular flexibility index (Phi) is 5.26. The summed E-state index contributed by atoms with van der Waals surface area (Å²) in [6.45, 7) is 7.22. The van der Waals surface area contributed by atoms with Crippen molar-refractivity contribution in [2.75, 3.05) is 0 Å². The van der Waals surface area contributed by atoms with Gasteiger partial charge in [-0.05, 0) is 26.2 Å². The number of alkyl halides is 3. The van der Waals surface area contributed by atoms with E-state index in [1.807, 2.05) is 13.8 Å². The summed E-state index contributed by atoms with van der Waals surface area (Å²) in [6, 6.07) is 0.0564. The molecule has 0 spiro atoms. The SMILES string of the molecule is CCc1nc2c(nc1OS(=O)(=O)C(F)(F)F)c(C)nn2C(CC)CC. The second-order valence-corrected chi connectivity index (χ2v) is 7.02. The van der Waals surface area contributed by atoms with E-state index in [4.69, 9.17) is 0 Å². The number of halogens is 3. The average Bonchev–Trinajstić information content (AvgIpc) is 2.83. The Morgan fingerprint density at radius 2 is 1.76 bits per heavy atom. The van der Waals surface area contributed by atoms with E-state index in [1.54, 1.807) is 18.5 Å². The third kappa shape index (κ3) is 3.55. The molecular formula is C14H19F3N4O3S. The third-order valence-corrected chi connectivity index (χ3v) is 4.77. The van der Waals surface area contributed by atoms with Gasteiger partial charge in [0.2, 0.25) is 0 Å². The quantitative estimate of drug-likeness (QED) is 0.565. The summed E-state index contributed by atoms with van der Waals surface area (Å²) in [7, 11) is -5.81. The molecule has 7 nitrogen and oxygen atoms in total. The molecule has 0 aliphatic carbocycles. The highest BCUT2D eigenvalue weighted by Gasteiger charge is 2.49. The Bertz CT molecular complexity index is 874. The first-order valence-corrected chi connectivity index (χ1v) is 9.22. The van der Waals surface area contributed by atoms with Gasteiger partial charge in [0.15, 0.2) is 5.65 Å². The molecule has 0 saturated carbocycles. The van der Waals surface area contributed by atoms with E-state index in [1.165, 1.54) is 0 Å². The van der Waals surface area contributed by atoms with Crippen LogP contribution in [-0.4, -0.2) is 33.7 Å². The van der Waals surface area contributed by atoms with Gasteiger partial charge in [-0.1, -0.05) is 20.8 Å². The summed E-state index contributed by atoms with van der Waals surface area (Å²) in [5.74, 6) is -0.667. The lowest BCUT2D eigenvalue weighted by atomic mass is 10.2. The van der Waals surface area contributed by atoms with Gasteiger partial charge < -0.3 is 4.18 Å². The largest absolute Gasteiger partial charge is 0.534 e. The third-order valence-electron chi connectivity index (χ3n) is 3.83. The Hall–Kier alpha value is -1.91. The molecule has 2 rings (SSSR count). The smallest absolute Gasteiger partial charge is 0.353 e. The van der Waals surface area contributed by atoms with E-state index in [0.717, 1.165) is 12.8 Å². The van der Waals surface area contributed by atoms with Gasteiger partial charge in [0, 0.05) is 0 Å². The van der Waals surface area contributed by atoms with E-state index in [9.17, 15) is 21.6 Å². The van der Waals surface area contributed by atoms with Crippen LogP contribution in [0.4, 0.5) is 13.2 Å². The molecule has 140 valence electrons. The highest BCUT2D eigenvalue weighted by Crippen LogP contribution is 2.30. The minimum atomic E-state index is -5.81. The number of hydrogen-bond donors (Lipinski definition) is 0. The van der Waals surface area contributed by atoms with Crippen LogP contribution >= 0.6 is 0 Å². The van der Waals surface area contributed by atoms with Crippen LogP contribution in [0.5, 0.6) is 5.88 Å². The van der Waals surface area contributed by atoms with Crippen molar-refractivity contribution in [2.24, 2.45) is 0 Å². The molecule has 2 heterocycles. The van der Waals surface area contributed by atoms with Gasteiger partial charge in [-0.2, -0.15) is 26.7 Å². The Balaban J connectivity index is 2.64. The fraction of sp³-hybridized carbons (Fsp3) is 0.643. The van der Waals surface area contributed by atoms with Crippen LogP contribution in [0.3, 0.4) is 0 Å². The molecule has 0 aliphatic heterocycles. The standard InChI is InChI=1S/C14H19F3N4O3S/c1-5-9(6-2)21-12-11(8(4)20-21)19-13(10(7-3)18-12)24-25(22,23)14(15,16)17/h9H,5-7H2,1-4H3. The van der Waals surface area contributed by atoms with E-state index in [-0.39, 0.29) is 23.7 Å². The van der Waals surface area contributed by atoms with Crippen LogP contribution in [0.25, 0.3) is 11.2 Å². The fourth-order valence-corrected chi connectivity index (χ4v) is 2.88. The highest BCUT2D eigenvalue weighted by atomic mass is 32.2. The maximum Gasteiger partial charge on any atom is 0.534 e. The molecule has 0 N–H and O–H groups in total. The second-order valence-electron chi connectivity index (χ2n) is 5.48. The van der Waals surface area contributed by atoms with E-state index in [0.29, 0.717) is 11.3 Å². The minimum absolute atomic E-state index is 0.0208. The summed E-state index contributed by atoms with van der Waals surface area (Å²) in [4.78, 5) is 8.25. The number of fused-ring (bicyclic) bond motifs is 1. The van der Waals surface area contributed by atoms with Gasteiger partial charge in [0.1, 0.15) is 11.2 Å². The zero-order valence-electron chi connectivity index (χ0n) is 14.3. The van der Waals surface area contributed by atoms with Crippen LogP contribution in [0, 0.1) is 6.92 Å². The summed E-state index contributed by atoms with van der Waals surface area (Å²) in [6.07, 6.45) is 1.73. The molecule has 0 saturated heterocycles. The minimum Gasteiger partial charge on any atom is -0.353 e. The molecule has 0 atom stereocenters. The molecule has 0 bridgehead atoms. The predicted octanol–water partition coefficient (Wildman–Crippen LogP) is 3.29. The lowest BCUT2D eigenvalue weighted by Gasteiger charge is -2.14. The van der Waals surface area contributed by atoms with Crippen molar-refractivity contribution in [1.29, 1.82) is 0 Å². The van der Waals surface area contributed by atoms with Crippen molar-refractivity contribution in [3.05, 3.63) is 11.4 Å². The van der Waals surface area contributed by atoms with Crippen molar-refractivity contribution in [2.45, 2.75) is 58.5 Å². The van der Waals surface area contributed by atoms with Crippen molar-refractivity contribution in [3.63, 3.8) is 0 Å². The Morgan fingerprint density at radius 1 is 1.16 bits per heavy atom. The van der Waals surface area contributed by atoms with Crippen LogP contribution < -0.4 is 4.18 Å². The maximum atomic E-state index is 12.6. The number of rotatable bonds is 6. The van der Waals surface area contributed by atoms with Crippen LogP contribution in [-0.2, 0) is 16.5 Å². The highest BCUT2D eigenvalue weighted by molar-refractivity contribution is 7.87. The molecule has 0 radical (unpaired) electrons. The van der Waals surface area contributed by atoms with E-state index >= 15 is 0 Å². The molecule has 0 aromatic carbocycles. The molecule has 0 amide bonds. The van der Waals surface area contributed by atoms with Gasteiger partial charge >= 0.3 is 15.6 Å². The number of aryl methyl sites for hydroxylation is 2. The molecular weight excluding hydrogens is 361 g/mol. The van der Waals surface area contributed by atoms with Crippen molar-refractivity contribution < 1.29 is 25.8 Å². The normalized spacial score (nSPS) is 13.0. The molecule has 25 heavy (non-hydrogen) atoms. The van der Waals surface area contributed by atoms with Crippen LogP contribution in [0.1, 0.15) is 51.0 Å². The summed E-state index contributed by atoms with van der Waals surface area (Å²) in [5.41, 5.74) is -4.46. The molecule has 0 fully saturated rings. The van der Waals surface area contributed by atoms with Crippen LogP contribution in [0.2, 0.25) is 0 Å². The maximum absolute atomic E-state index is 12.6. The first-order chi connectivity index (χ1) is 11.6. The van der Waals surface area contributed by atoms with Crippen molar-refractivity contribution in [1.82, 2.24) is 19.7 Å². The Labute approximate surface area is 143 Å². The predicted molar refractivity (Wildman–Crippen MR) is 84.7 cm³/mol. The van der Waals surface area contributed by atoms with Gasteiger partial charge in [-0.3, -0.25) is 0 Å². The van der Waals surface area contributed by atoms with Crippen LogP contribution in [0.15, 0.2) is 0 Å². The molecule has 0 unspecified atom stereocenters. The first kappa shape index (κ1) is 19.4. The summed E-state index contributed by atoms with van der Waals surface area (Å²) in [5, 5.41) is 4.36. The fourth-order valence-electron chi connectivity index (χ4n) is 2.44. The van der Waals surface area contributed by atoms with Gasteiger partial charge in [-0.15, -0.1) is 0 Å². The lowest BCUT2D eigenvalue weighted by Crippen LogP contribution is -2.29. The zero-order valence-corrected chi connectivity index (χ0v) is 15.1.